The van der Waals surface area contributed by atoms with Gasteiger partial charge in [-0.2, -0.15) is 4.98 Å². The Balaban J connectivity index is 1.13. The second-order valence-electron chi connectivity index (χ2n) is 12.0. The predicted molar refractivity (Wildman–Crippen MR) is 175 cm³/mol. The molecule has 2 aliphatic rings. The zero-order chi connectivity index (χ0) is 33.4. The van der Waals surface area contributed by atoms with Crippen LogP contribution in [0.2, 0.25) is 0 Å². The molecule has 14 heteroatoms. The van der Waals surface area contributed by atoms with Crippen molar-refractivity contribution in [3.63, 3.8) is 0 Å². The molecule has 248 valence electrons. The molecule has 5 N–H and O–H groups in total. The third-order valence-electron chi connectivity index (χ3n) is 8.65. The van der Waals surface area contributed by atoms with Gasteiger partial charge in [-0.1, -0.05) is 0 Å². The van der Waals surface area contributed by atoms with Crippen LogP contribution in [0.4, 0.5) is 21.8 Å². The molecule has 6 rings (SSSR count). The first-order valence-electron chi connectivity index (χ1n) is 15.4. The fourth-order valence-corrected chi connectivity index (χ4v) is 6.12. The Morgan fingerprint density at radius 2 is 1.77 bits per heavy atom. The maximum absolute atomic E-state index is 15.4. The molecule has 1 aliphatic carbocycles. The molecule has 0 amide bonds. The van der Waals surface area contributed by atoms with E-state index in [0.717, 1.165) is 24.0 Å². The van der Waals surface area contributed by atoms with Gasteiger partial charge in [-0.05, 0) is 49.6 Å². The molecule has 13 nitrogen and oxygen atoms in total. The Labute approximate surface area is 270 Å². The maximum atomic E-state index is 15.4. The molecule has 2 aromatic heterocycles. The number of halogens is 1. The summed E-state index contributed by atoms with van der Waals surface area (Å²) in [5.74, 6) is 0.0711. The largest absolute Gasteiger partial charge is 0.493 e. The van der Waals surface area contributed by atoms with Gasteiger partial charge in [0, 0.05) is 68.5 Å². The van der Waals surface area contributed by atoms with Crippen molar-refractivity contribution in [3.05, 3.63) is 69.4 Å². The van der Waals surface area contributed by atoms with Crippen LogP contribution < -0.4 is 36.0 Å². The van der Waals surface area contributed by atoms with Crippen LogP contribution in [0.5, 0.6) is 17.2 Å². The average Bonchev–Trinajstić information content (AvgIpc) is 3.89. The highest BCUT2D eigenvalue weighted by atomic mass is 19.1. The maximum Gasteiger partial charge on any atom is 0.341 e. The van der Waals surface area contributed by atoms with E-state index < -0.39 is 17.2 Å². The fourth-order valence-electron chi connectivity index (χ4n) is 6.12. The van der Waals surface area contributed by atoms with E-state index in [1.807, 2.05) is 28.5 Å². The lowest BCUT2D eigenvalue weighted by atomic mass is 10.1. The second-order valence-corrected chi connectivity index (χ2v) is 12.0. The zero-order valence-corrected chi connectivity index (χ0v) is 26.5. The van der Waals surface area contributed by atoms with E-state index in [-0.39, 0.29) is 29.0 Å². The molecular weight excluding hydrogens is 609 g/mol. The third-order valence-corrected chi connectivity index (χ3v) is 8.65. The number of pyridine rings is 1. The lowest BCUT2D eigenvalue weighted by Gasteiger charge is -2.37. The predicted octanol–water partition coefficient (Wildman–Crippen LogP) is 3.33. The molecule has 1 atom stereocenters. The van der Waals surface area contributed by atoms with Crippen LogP contribution in [-0.4, -0.2) is 83.6 Å². The number of carboxylic acid groups (broad SMARTS) is 1. The van der Waals surface area contributed by atoms with Gasteiger partial charge in [0.25, 0.3) is 0 Å². The van der Waals surface area contributed by atoms with Crippen molar-refractivity contribution < 1.29 is 28.5 Å². The summed E-state index contributed by atoms with van der Waals surface area (Å²) in [5.41, 5.74) is 13.2. The van der Waals surface area contributed by atoms with E-state index >= 15 is 4.39 Å². The van der Waals surface area contributed by atoms with E-state index in [2.05, 4.69) is 14.9 Å². The van der Waals surface area contributed by atoms with Gasteiger partial charge in [0.05, 0.1) is 25.4 Å². The summed E-state index contributed by atoms with van der Waals surface area (Å²) in [5, 5.41) is 9.61. The Morgan fingerprint density at radius 3 is 2.36 bits per heavy atom. The molecule has 0 spiro atoms. The quantitative estimate of drug-likeness (QED) is 0.217. The standard InChI is InChI=1S/C33H38FN7O6/c1-18(47-30-27(45-2)11-19(12-28(30)46-3)10-20-15-37-33(36)38-31(20)35)16-39-6-8-40(9-7-39)26-14-25-22(13-24(26)34)29(42)23(32(43)44)17-41(25)21-4-5-21/h11-15,17-18,21H,4-10,16H2,1-3H3,(H,43,44)(H4,35,36,37,38). The van der Waals surface area contributed by atoms with Crippen molar-refractivity contribution in [1.82, 2.24) is 19.4 Å². The average molecular weight is 648 g/mol. The summed E-state index contributed by atoms with van der Waals surface area (Å²) in [6.45, 7) is 5.04. The van der Waals surface area contributed by atoms with Crippen molar-refractivity contribution in [3.8, 4) is 17.2 Å². The molecule has 1 unspecified atom stereocenters. The van der Waals surface area contributed by atoms with Gasteiger partial charge in [0.2, 0.25) is 17.1 Å². The molecule has 4 aromatic rings. The number of hydrogen-bond donors (Lipinski definition) is 3. The van der Waals surface area contributed by atoms with E-state index in [0.29, 0.717) is 73.4 Å². The van der Waals surface area contributed by atoms with Crippen LogP contribution in [0.25, 0.3) is 10.9 Å². The summed E-state index contributed by atoms with van der Waals surface area (Å²) >= 11 is 0. The van der Waals surface area contributed by atoms with Crippen molar-refractivity contribution in [1.29, 1.82) is 0 Å². The van der Waals surface area contributed by atoms with Crippen LogP contribution in [0.15, 0.2) is 41.5 Å². The van der Waals surface area contributed by atoms with Crippen LogP contribution in [0.1, 0.15) is 47.3 Å². The Kier molecular flexibility index (Phi) is 8.78. The number of carboxylic acids is 1. The van der Waals surface area contributed by atoms with Crippen LogP contribution >= 0.6 is 0 Å². The highest BCUT2D eigenvalue weighted by Gasteiger charge is 2.29. The van der Waals surface area contributed by atoms with Gasteiger partial charge >= 0.3 is 5.97 Å². The number of aromatic carboxylic acids is 1. The summed E-state index contributed by atoms with van der Waals surface area (Å²) in [6.07, 6.45) is 4.98. The molecule has 1 saturated heterocycles. The number of rotatable bonds is 11. The second kappa shape index (κ2) is 12.9. The van der Waals surface area contributed by atoms with Crippen molar-refractivity contribution in [2.45, 2.75) is 38.3 Å². The molecule has 2 fully saturated rings. The summed E-state index contributed by atoms with van der Waals surface area (Å²) in [7, 11) is 3.13. The van der Waals surface area contributed by atoms with Gasteiger partial charge in [0.15, 0.2) is 11.5 Å². The number of hydrogen-bond acceptors (Lipinski definition) is 11. The molecule has 0 radical (unpaired) electrons. The monoisotopic (exact) mass is 647 g/mol. The van der Waals surface area contributed by atoms with Crippen molar-refractivity contribution in [2.24, 2.45) is 0 Å². The lowest BCUT2D eigenvalue weighted by molar-refractivity contribution is 0.0694. The Hall–Kier alpha value is -5.11. The molecule has 1 saturated carbocycles. The van der Waals surface area contributed by atoms with Crippen LogP contribution in [0, 0.1) is 5.82 Å². The molecule has 47 heavy (non-hydrogen) atoms. The summed E-state index contributed by atoms with van der Waals surface area (Å²) in [6, 6.07) is 6.71. The number of aromatic nitrogens is 3. The van der Waals surface area contributed by atoms with Gasteiger partial charge in [0.1, 0.15) is 23.3 Å². The minimum Gasteiger partial charge on any atom is -0.493 e. The van der Waals surface area contributed by atoms with Crippen molar-refractivity contribution in [2.75, 3.05) is 63.3 Å². The van der Waals surface area contributed by atoms with Gasteiger partial charge in [-0.25, -0.2) is 14.2 Å². The van der Waals surface area contributed by atoms with Crippen molar-refractivity contribution >= 4 is 34.3 Å². The molecule has 2 aromatic carbocycles. The number of methoxy groups -OCH3 is 2. The first kappa shape index (κ1) is 31.9. The number of nitrogens with zero attached hydrogens (tertiary/aromatic N) is 5. The summed E-state index contributed by atoms with van der Waals surface area (Å²) < 4.78 is 34.9. The SMILES string of the molecule is COc1cc(Cc2cnc(N)nc2N)cc(OC)c1OC(C)CN1CCN(c2cc3c(cc2F)c(=O)c(C(=O)O)cn3C2CC2)CC1. The number of piperazine rings is 1. The number of benzene rings is 2. The number of ether oxygens (including phenoxy) is 3. The van der Waals surface area contributed by atoms with E-state index in [1.54, 1.807) is 26.5 Å². The third kappa shape index (κ3) is 6.59. The highest BCUT2D eigenvalue weighted by Crippen LogP contribution is 2.40. The van der Waals surface area contributed by atoms with Gasteiger partial charge in [-0.15, -0.1) is 0 Å². The Bertz CT molecular complexity index is 1860. The smallest absolute Gasteiger partial charge is 0.341 e. The first-order valence-corrected chi connectivity index (χ1v) is 15.4. The minimum atomic E-state index is -1.31. The van der Waals surface area contributed by atoms with Crippen LogP contribution in [-0.2, 0) is 6.42 Å². The number of carbonyl (C=O) groups is 1. The summed E-state index contributed by atoms with van der Waals surface area (Å²) in [4.78, 5) is 36.8. The topological polar surface area (TPSA) is 171 Å². The molecule has 0 bridgehead atoms. The first-order chi connectivity index (χ1) is 22.6. The van der Waals surface area contributed by atoms with Gasteiger partial charge < -0.3 is 40.3 Å². The van der Waals surface area contributed by atoms with E-state index in [4.69, 9.17) is 25.7 Å². The fraction of sp³-hybridized carbons (Fsp3) is 0.394. The normalized spacial score (nSPS) is 15.9. The van der Waals surface area contributed by atoms with E-state index in [1.165, 1.54) is 12.3 Å². The number of anilines is 3. The highest BCUT2D eigenvalue weighted by molar-refractivity contribution is 5.93. The number of nitrogen functional groups attached to an aromatic ring is 2. The number of nitrogens with two attached hydrogens (primary N) is 2. The lowest BCUT2D eigenvalue weighted by Crippen LogP contribution is -2.49. The van der Waals surface area contributed by atoms with Gasteiger partial charge in [-0.3, -0.25) is 9.69 Å². The minimum absolute atomic E-state index is 0.0879. The molecule has 3 heterocycles. The van der Waals surface area contributed by atoms with E-state index in [9.17, 15) is 14.7 Å². The molecule has 1 aliphatic heterocycles. The zero-order valence-electron chi connectivity index (χ0n) is 26.5. The molecular formula is C33H38FN7O6. The number of fused-ring (bicyclic) bond motifs is 1. The van der Waals surface area contributed by atoms with Crippen LogP contribution in [0.3, 0.4) is 0 Å². The Morgan fingerprint density at radius 1 is 1.09 bits per heavy atom.